The summed E-state index contributed by atoms with van der Waals surface area (Å²) in [4.78, 5) is 4.44. The molecule has 0 aliphatic rings. The normalized spacial score (nSPS) is 11.8. The van der Waals surface area contributed by atoms with E-state index >= 15 is 0 Å². The summed E-state index contributed by atoms with van der Waals surface area (Å²) in [6.45, 7) is 6.15. The van der Waals surface area contributed by atoms with E-state index in [-0.39, 0.29) is 0 Å². The summed E-state index contributed by atoms with van der Waals surface area (Å²) in [6, 6.07) is 8.32. The van der Waals surface area contributed by atoms with E-state index in [0.717, 1.165) is 18.4 Å². The second kappa shape index (κ2) is 5.53. The Morgan fingerprint density at radius 2 is 1.79 bits per heavy atom. The fraction of sp³-hybridized carbons (Fsp3) is 0.467. The van der Waals surface area contributed by atoms with Crippen LogP contribution < -0.4 is 5.73 Å². The molecule has 0 saturated heterocycles. The van der Waals surface area contributed by atoms with Crippen LogP contribution >= 0.6 is 0 Å². The number of rotatable bonds is 5. The van der Waals surface area contributed by atoms with Crippen molar-refractivity contribution in [2.45, 2.75) is 45.6 Å². The lowest BCUT2D eigenvalue weighted by molar-refractivity contribution is 0.337. The van der Waals surface area contributed by atoms with Gasteiger partial charge in [-0.15, -0.1) is 0 Å². The van der Waals surface area contributed by atoms with Gasteiger partial charge in [-0.3, -0.25) is 0 Å². The predicted molar refractivity (Wildman–Crippen MR) is 74.7 cm³/mol. The van der Waals surface area contributed by atoms with Gasteiger partial charge in [0.1, 0.15) is 0 Å². The van der Waals surface area contributed by atoms with Gasteiger partial charge in [0.25, 0.3) is 0 Å². The molecule has 102 valence electrons. The Morgan fingerprint density at radius 1 is 1.16 bits per heavy atom. The van der Waals surface area contributed by atoms with Crippen molar-refractivity contribution >= 4 is 0 Å². The van der Waals surface area contributed by atoms with Crippen LogP contribution in [0.3, 0.4) is 0 Å². The average molecular weight is 259 g/mol. The molecule has 0 spiro atoms. The third kappa shape index (κ3) is 3.01. The van der Waals surface area contributed by atoms with Gasteiger partial charge in [-0.1, -0.05) is 48.8 Å². The number of hydrogen-bond donors (Lipinski definition) is 1. The molecule has 19 heavy (non-hydrogen) atoms. The first-order valence-corrected chi connectivity index (χ1v) is 6.75. The van der Waals surface area contributed by atoms with Crippen molar-refractivity contribution in [3.8, 4) is 0 Å². The monoisotopic (exact) mass is 259 g/mol. The summed E-state index contributed by atoms with van der Waals surface area (Å²) in [6.07, 6.45) is 2.25. The van der Waals surface area contributed by atoms with Gasteiger partial charge in [0.05, 0.1) is 12.0 Å². The van der Waals surface area contributed by atoms with Crippen LogP contribution in [0.15, 0.2) is 28.8 Å². The van der Waals surface area contributed by atoms with Crippen LogP contribution in [0.25, 0.3) is 0 Å². The number of aromatic nitrogens is 2. The number of nitrogens with zero attached hydrogens (tertiary/aromatic N) is 2. The molecular formula is C15H21N3O. The summed E-state index contributed by atoms with van der Waals surface area (Å²) in [5.74, 6) is 1.23. The first kappa shape index (κ1) is 13.7. The molecule has 0 aliphatic heterocycles. The first-order valence-electron chi connectivity index (χ1n) is 6.75. The molecule has 0 aliphatic carbocycles. The van der Waals surface area contributed by atoms with Crippen molar-refractivity contribution in [1.82, 2.24) is 10.1 Å². The van der Waals surface area contributed by atoms with Crippen LogP contribution in [0.2, 0.25) is 0 Å². The summed E-state index contributed by atoms with van der Waals surface area (Å²) in [5, 5.41) is 4.03. The quantitative estimate of drug-likeness (QED) is 0.896. The fourth-order valence-corrected chi connectivity index (χ4v) is 1.98. The lowest BCUT2D eigenvalue weighted by Gasteiger charge is -2.21. The fourth-order valence-electron chi connectivity index (χ4n) is 1.98. The molecule has 0 bridgehead atoms. The van der Waals surface area contributed by atoms with E-state index in [4.69, 9.17) is 10.3 Å². The SMILES string of the molecule is CCC(N)(CC)c1noc(Cc2ccc(C)cc2)n1. The van der Waals surface area contributed by atoms with Crippen molar-refractivity contribution < 1.29 is 4.52 Å². The summed E-state index contributed by atoms with van der Waals surface area (Å²) in [7, 11) is 0. The van der Waals surface area contributed by atoms with Gasteiger partial charge in [0, 0.05) is 0 Å². The van der Waals surface area contributed by atoms with E-state index in [0.29, 0.717) is 18.1 Å². The number of aryl methyl sites for hydroxylation is 1. The topological polar surface area (TPSA) is 64.9 Å². The molecule has 0 fully saturated rings. The van der Waals surface area contributed by atoms with Gasteiger partial charge in [-0.25, -0.2) is 0 Å². The Hall–Kier alpha value is -1.68. The number of nitrogens with two attached hydrogens (primary N) is 1. The zero-order valence-corrected chi connectivity index (χ0v) is 11.8. The van der Waals surface area contributed by atoms with E-state index in [1.807, 2.05) is 13.8 Å². The lowest BCUT2D eigenvalue weighted by Crippen LogP contribution is -2.36. The molecule has 4 heteroatoms. The smallest absolute Gasteiger partial charge is 0.231 e. The first-order chi connectivity index (χ1) is 9.07. The van der Waals surface area contributed by atoms with E-state index < -0.39 is 5.54 Å². The highest BCUT2D eigenvalue weighted by Gasteiger charge is 2.28. The molecule has 0 atom stereocenters. The lowest BCUT2D eigenvalue weighted by atomic mass is 9.93. The van der Waals surface area contributed by atoms with Gasteiger partial charge < -0.3 is 10.3 Å². The Balaban J connectivity index is 2.15. The van der Waals surface area contributed by atoms with Gasteiger partial charge in [-0.05, 0) is 25.3 Å². The van der Waals surface area contributed by atoms with Gasteiger partial charge >= 0.3 is 0 Å². The van der Waals surface area contributed by atoms with Crippen molar-refractivity contribution in [3.05, 3.63) is 47.1 Å². The second-order valence-corrected chi connectivity index (χ2v) is 5.04. The maximum Gasteiger partial charge on any atom is 0.231 e. The Kier molecular flexibility index (Phi) is 4.00. The molecule has 1 aromatic carbocycles. The molecule has 1 heterocycles. The Labute approximate surface area is 114 Å². The third-order valence-corrected chi connectivity index (χ3v) is 3.65. The molecule has 0 amide bonds. The molecule has 4 nitrogen and oxygen atoms in total. The highest BCUT2D eigenvalue weighted by Crippen LogP contribution is 2.23. The van der Waals surface area contributed by atoms with Crippen molar-refractivity contribution in [2.24, 2.45) is 5.73 Å². The second-order valence-electron chi connectivity index (χ2n) is 5.04. The minimum absolute atomic E-state index is 0.477. The maximum absolute atomic E-state index is 6.26. The molecule has 1 aromatic heterocycles. The summed E-state index contributed by atoms with van der Waals surface area (Å²) >= 11 is 0. The average Bonchev–Trinajstić information content (AvgIpc) is 2.89. The van der Waals surface area contributed by atoms with E-state index in [2.05, 4.69) is 41.3 Å². The molecule has 2 N–H and O–H groups in total. The molecular weight excluding hydrogens is 238 g/mol. The minimum Gasteiger partial charge on any atom is -0.339 e. The predicted octanol–water partition coefficient (Wildman–Crippen LogP) is 2.94. The van der Waals surface area contributed by atoms with Crippen LogP contribution in [0.1, 0.15) is 49.5 Å². The maximum atomic E-state index is 6.26. The van der Waals surface area contributed by atoms with Gasteiger partial charge in [0.2, 0.25) is 5.89 Å². The van der Waals surface area contributed by atoms with Crippen LogP contribution in [0.5, 0.6) is 0 Å². The summed E-state index contributed by atoms with van der Waals surface area (Å²) < 4.78 is 5.31. The third-order valence-electron chi connectivity index (χ3n) is 3.65. The molecule has 0 saturated carbocycles. The summed E-state index contributed by atoms with van der Waals surface area (Å²) in [5.41, 5.74) is 8.19. The van der Waals surface area contributed by atoms with Crippen LogP contribution in [-0.4, -0.2) is 10.1 Å². The van der Waals surface area contributed by atoms with E-state index in [1.165, 1.54) is 5.56 Å². The molecule has 0 unspecified atom stereocenters. The van der Waals surface area contributed by atoms with E-state index in [1.54, 1.807) is 0 Å². The highest BCUT2D eigenvalue weighted by atomic mass is 16.5. The number of benzene rings is 1. The zero-order valence-electron chi connectivity index (χ0n) is 11.8. The van der Waals surface area contributed by atoms with Crippen molar-refractivity contribution in [3.63, 3.8) is 0 Å². The van der Waals surface area contributed by atoms with Crippen molar-refractivity contribution in [1.29, 1.82) is 0 Å². The van der Waals surface area contributed by atoms with Gasteiger partial charge in [-0.2, -0.15) is 4.98 Å². The Morgan fingerprint density at radius 3 is 2.37 bits per heavy atom. The van der Waals surface area contributed by atoms with Gasteiger partial charge in [0.15, 0.2) is 5.82 Å². The Bertz CT molecular complexity index is 527. The van der Waals surface area contributed by atoms with Crippen molar-refractivity contribution in [2.75, 3.05) is 0 Å². The largest absolute Gasteiger partial charge is 0.339 e. The zero-order chi connectivity index (χ0) is 13.9. The molecule has 2 aromatic rings. The van der Waals surface area contributed by atoms with E-state index in [9.17, 15) is 0 Å². The van der Waals surface area contributed by atoms with Crippen LogP contribution in [0, 0.1) is 6.92 Å². The van der Waals surface area contributed by atoms with Crippen LogP contribution in [0.4, 0.5) is 0 Å². The standard InChI is InChI=1S/C15H21N3O/c1-4-15(16,5-2)14-17-13(19-18-14)10-12-8-6-11(3)7-9-12/h6-9H,4-5,10,16H2,1-3H3. The minimum atomic E-state index is -0.477. The molecule has 2 rings (SSSR count). The molecule has 0 radical (unpaired) electrons. The number of hydrogen-bond acceptors (Lipinski definition) is 4. The van der Waals surface area contributed by atoms with Crippen LogP contribution in [-0.2, 0) is 12.0 Å². The highest BCUT2D eigenvalue weighted by molar-refractivity contribution is 5.23.